The van der Waals surface area contributed by atoms with Gasteiger partial charge in [0.05, 0.1) is 0 Å². The van der Waals surface area contributed by atoms with Crippen LogP contribution in [0.4, 0.5) is 0 Å². The first-order valence-corrected chi connectivity index (χ1v) is 5.98. The van der Waals surface area contributed by atoms with Gasteiger partial charge in [0, 0.05) is 13.0 Å². The van der Waals surface area contributed by atoms with Crippen LogP contribution < -0.4 is 5.32 Å². The fourth-order valence-corrected chi connectivity index (χ4v) is 2.17. The second kappa shape index (κ2) is 5.94. The van der Waals surface area contributed by atoms with Crippen molar-refractivity contribution in [3.8, 4) is 0 Å². The first-order chi connectivity index (χ1) is 7.08. The van der Waals surface area contributed by atoms with Crippen LogP contribution in [0.15, 0.2) is 11.6 Å². The highest BCUT2D eigenvalue weighted by atomic mass is 16.1. The van der Waals surface area contributed by atoms with Crippen molar-refractivity contribution in [2.45, 2.75) is 46.5 Å². The van der Waals surface area contributed by atoms with E-state index in [0.29, 0.717) is 5.92 Å². The van der Waals surface area contributed by atoms with E-state index < -0.39 is 0 Å². The summed E-state index contributed by atoms with van der Waals surface area (Å²) in [6.45, 7) is 7.47. The Morgan fingerprint density at radius 2 is 2.33 bits per heavy atom. The number of rotatable bonds is 5. The van der Waals surface area contributed by atoms with E-state index in [1.165, 1.54) is 24.8 Å². The lowest BCUT2D eigenvalue weighted by Gasteiger charge is -2.13. The molecular formula is C13H23NO. The quantitative estimate of drug-likeness (QED) is 0.693. The molecule has 0 saturated carbocycles. The average molecular weight is 209 g/mol. The molecule has 1 saturated heterocycles. The second-order valence-corrected chi connectivity index (χ2v) is 5.07. The second-order valence-electron chi connectivity index (χ2n) is 5.07. The number of hydrogen-bond donors (Lipinski definition) is 1. The molecule has 1 amide bonds. The van der Waals surface area contributed by atoms with Gasteiger partial charge in [0.2, 0.25) is 5.91 Å². The molecule has 0 aromatic heterocycles. The molecule has 2 heteroatoms. The van der Waals surface area contributed by atoms with E-state index in [0.717, 1.165) is 18.9 Å². The van der Waals surface area contributed by atoms with Crippen LogP contribution in [-0.2, 0) is 4.79 Å². The highest BCUT2D eigenvalue weighted by Gasteiger charge is 2.22. The molecule has 0 aliphatic carbocycles. The molecule has 2 nitrogen and oxygen atoms in total. The molecule has 1 aliphatic rings. The maximum Gasteiger partial charge on any atom is 0.220 e. The zero-order chi connectivity index (χ0) is 11.3. The van der Waals surface area contributed by atoms with Crippen molar-refractivity contribution in [2.24, 2.45) is 11.8 Å². The van der Waals surface area contributed by atoms with Crippen LogP contribution in [0, 0.1) is 11.8 Å². The third-order valence-electron chi connectivity index (χ3n) is 3.01. The minimum Gasteiger partial charge on any atom is -0.356 e. The van der Waals surface area contributed by atoms with Crippen LogP contribution in [0.2, 0.25) is 0 Å². The van der Waals surface area contributed by atoms with Crippen LogP contribution in [0.3, 0.4) is 0 Å². The van der Waals surface area contributed by atoms with Crippen molar-refractivity contribution < 1.29 is 4.79 Å². The molecule has 0 bridgehead atoms. The number of amides is 1. The van der Waals surface area contributed by atoms with Crippen molar-refractivity contribution in [3.63, 3.8) is 0 Å². The van der Waals surface area contributed by atoms with Gasteiger partial charge in [0.15, 0.2) is 0 Å². The van der Waals surface area contributed by atoms with Crippen molar-refractivity contribution in [3.05, 3.63) is 11.6 Å². The molecule has 0 radical (unpaired) electrons. The van der Waals surface area contributed by atoms with Crippen molar-refractivity contribution in [1.82, 2.24) is 5.32 Å². The fourth-order valence-electron chi connectivity index (χ4n) is 2.17. The summed E-state index contributed by atoms with van der Waals surface area (Å²) in [6, 6.07) is 0. The predicted octanol–water partition coefficient (Wildman–Crippen LogP) is 2.90. The van der Waals surface area contributed by atoms with Gasteiger partial charge < -0.3 is 5.32 Å². The Labute approximate surface area is 93.1 Å². The highest BCUT2D eigenvalue weighted by Crippen LogP contribution is 2.22. The van der Waals surface area contributed by atoms with Gasteiger partial charge in [0.25, 0.3) is 0 Å². The SMILES string of the molecule is CC(C)=CCCC(C)CC1CNC(=O)C1. The lowest BCUT2D eigenvalue weighted by atomic mass is 9.91. The molecule has 2 atom stereocenters. The van der Waals surface area contributed by atoms with Gasteiger partial charge in [-0.05, 0) is 44.9 Å². The van der Waals surface area contributed by atoms with Gasteiger partial charge in [-0.2, -0.15) is 0 Å². The van der Waals surface area contributed by atoms with Crippen LogP contribution in [-0.4, -0.2) is 12.5 Å². The molecule has 15 heavy (non-hydrogen) atoms. The maximum absolute atomic E-state index is 11.0. The first-order valence-electron chi connectivity index (χ1n) is 5.98. The summed E-state index contributed by atoms with van der Waals surface area (Å²) in [5.41, 5.74) is 1.40. The molecule has 1 rings (SSSR count). The third-order valence-corrected chi connectivity index (χ3v) is 3.01. The molecule has 1 fully saturated rings. The summed E-state index contributed by atoms with van der Waals surface area (Å²) in [5.74, 6) is 1.55. The molecule has 2 unspecified atom stereocenters. The van der Waals surface area contributed by atoms with Crippen LogP contribution in [0.25, 0.3) is 0 Å². The Hall–Kier alpha value is -0.790. The van der Waals surface area contributed by atoms with E-state index in [1.54, 1.807) is 0 Å². The van der Waals surface area contributed by atoms with Gasteiger partial charge in [-0.25, -0.2) is 0 Å². The number of carbonyl (C=O) groups is 1. The molecule has 0 aromatic carbocycles. The number of carbonyl (C=O) groups excluding carboxylic acids is 1. The standard InChI is InChI=1S/C13H23NO/c1-10(2)5-4-6-11(3)7-12-8-13(15)14-9-12/h5,11-12H,4,6-9H2,1-3H3,(H,14,15). The van der Waals surface area contributed by atoms with E-state index >= 15 is 0 Å². The predicted molar refractivity (Wildman–Crippen MR) is 63.6 cm³/mol. The molecule has 1 heterocycles. The zero-order valence-electron chi connectivity index (χ0n) is 10.2. The summed E-state index contributed by atoms with van der Waals surface area (Å²) >= 11 is 0. The third kappa shape index (κ3) is 5.01. The summed E-state index contributed by atoms with van der Waals surface area (Å²) in [5, 5.41) is 2.90. The summed E-state index contributed by atoms with van der Waals surface area (Å²) in [6.07, 6.45) is 6.66. The fraction of sp³-hybridized carbons (Fsp3) is 0.769. The smallest absolute Gasteiger partial charge is 0.220 e. The number of nitrogens with one attached hydrogen (secondary N) is 1. The summed E-state index contributed by atoms with van der Waals surface area (Å²) < 4.78 is 0. The van der Waals surface area contributed by atoms with E-state index in [1.807, 2.05) is 0 Å². The van der Waals surface area contributed by atoms with E-state index in [4.69, 9.17) is 0 Å². The molecular weight excluding hydrogens is 186 g/mol. The summed E-state index contributed by atoms with van der Waals surface area (Å²) in [7, 11) is 0. The summed E-state index contributed by atoms with van der Waals surface area (Å²) in [4.78, 5) is 11.0. The minimum atomic E-state index is 0.233. The van der Waals surface area contributed by atoms with Crippen molar-refractivity contribution >= 4 is 5.91 Å². The lowest BCUT2D eigenvalue weighted by molar-refractivity contribution is -0.119. The molecule has 1 N–H and O–H groups in total. The highest BCUT2D eigenvalue weighted by molar-refractivity contribution is 5.78. The van der Waals surface area contributed by atoms with Gasteiger partial charge in [0.1, 0.15) is 0 Å². The minimum absolute atomic E-state index is 0.233. The van der Waals surface area contributed by atoms with Gasteiger partial charge in [-0.3, -0.25) is 4.79 Å². The van der Waals surface area contributed by atoms with Crippen molar-refractivity contribution in [1.29, 1.82) is 0 Å². The lowest BCUT2D eigenvalue weighted by Crippen LogP contribution is -2.14. The zero-order valence-corrected chi connectivity index (χ0v) is 10.2. The van der Waals surface area contributed by atoms with Crippen LogP contribution in [0.1, 0.15) is 46.5 Å². The monoisotopic (exact) mass is 209 g/mol. The Morgan fingerprint density at radius 1 is 1.60 bits per heavy atom. The van der Waals surface area contributed by atoms with Crippen molar-refractivity contribution in [2.75, 3.05) is 6.54 Å². The van der Waals surface area contributed by atoms with Gasteiger partial charge >= 0.3 is 0 Å². The number of hydrogen-bond acceptors (Lipinski definition) is 1. The largest absolute Gasteiger partial charge is 0.356 e. The topological polar surface area (TPSA) is 29.1 Å². The van der Waals surface area contributed by atoms with Crippen LogP contribution >= 0.6 is 0 Å². The average Bonchev–Trinajstić information content (AvgIpc) is 2.50. The number of allylic oxidation sites excluding steroid dienone is 2. The molecule has 0 spiro atoms. The normalized spacial score (nSPS) is 22.3. The Balaban J connectivity index is 2.15. The van der Waals surface area contributed by atoms with E-state index in [-0.39, 0.29) is 5.91 Å². The van der Waals surface area contributed by atoms with Gasteiger partial charge in [-0.1, -0.05) is 18.6 Å². The maximum atomic E-state index is 11.0. The Bertz CT molecular complexity index is 241. The molecule has 1 aliphatic heterocycles. The van der Waals surface area contributed by atoms with E-state index in [9.17, 15) is 4.79 Å². The molecule has 86 valence electrons. The molecule has 0 aromatic rings. The van der Waals surface area contributed by atoms with Crippen LogP contribution in [0.5, 0.6) is 0 Å². The Morgan fingerprint density at radius 3 is 2.87 bits per heavy atom. The first kappa shape index (κ1) is 12.3. The van der Waals surface area contributed by atoms with Gasteiger partial charge in [-0.15, -0.1) is 0 Å². The van der Waals surface area contributed by atoms with E-state index in [2.05, 4.69) is 32.2 Å². The Kier molecular flexibility index (Phi) is 4.86.